The molecule has 0 saturated heterocycles. The van der Waals surface area contributed by atoms with E-state index in [0.29, 0.717) is 13.1 Å². The molecule has 0 aromatic heterocycles. The van der Waals surface area contributed by atoms with Crippen LogP contribution in [0.2, 0.25) is 0 Å². The molecule has 0 aliphatic rings. The molecule has 70 valence electrons. The van der Waals surface area contributed by atoms with Crippen molar-refractivity contribution in [1.82, 2.24) is 5.06 Å². The van der Waals surface area contributed by atoms with E-state index in [0.717, 1.165) is 0 Å². The van der Waals surface area contributed by atoms with Crippen LogP contribution in [0.25, 0.3) is 0 Å². The van der Waals surface area contributed by atoms with Crippen molar-refractivity contribution >= 4 is 11.9 Å². The summed E-state index contributed by atoms with van der Waals surface area (Å²) in [6.45, 7) is 4.75. The fourth-order valence-electron chi connectivity index (χ4n) is 0.652. The van der Waals surface area contributed by atoms with Gasteiger partial charge >= 0.3 is 11.9 Å². The third kappa shape index (κ3) is 4.68. The van der Waals surface area contributed by atoms with Crippen molar-refractivity contribution in [3.8, 4) is 0 Å². The van der Waals surface area contributed by atoms with E-state index in [1.807, 2.05) is 13.8 Å². The number of hydrogen-bond donors (Lipinski definition) is 1. The summed E-state index contributed by atoms with van der Waals surface area (Å²) in [6.07, 6.45) is -0.587. The second-order valence-electron chi connectivity index (χ2n) is 2.15. The maximum Gasteiger partial charge on any atom is 0.336 e. The lowest BCUT2D eigenvalue weighted by Gasteiger charge is -2.16. The SMILES string of the molecule is CCN(CC)OC(=O)CC(=O)O. The zero-order chi connectivity index (χ0) is 9.56. The Labute approximate surface area is 70.9 Å². The van der Waals surface area contributed by atoms with E-state index in [2.05, 4.69) is 4.84 Å². The van der Waals surface area contributed by atoms with Gasteiger partial charge in [0.1, 0.15) is 6.42 Å². The number of hydrogen-bond acceptors (Lipinski definition) is 4. The van der Waals surface area contributed by atoms with E-state index in [1.165, 1.54) is 5.06 Å². The van der Waals surface area contributed by atoms with Gasteiger partial charge in [-0.1, -0.05) is 0 Å². The molecule has 0 radical (unpaired) electrons. The molecule has 0 spiro atoms. The lowest BCUT2D eigenvalue weighted by Crippen LogP contribution is -2.27. The summed E-state index contributed by atoms with van der Waals surface area (Å²) in [5.41, 5.74) is 0. The highest BCUT2D eigenvalue weighted by Crippen LogP contribution is 1.93. The van der Waals surface area contributed by atoms with Gasteiger partial charge < -0.3 is 9.94 Å². The lowest BCUT2D eigenvalue weighted by molar-refractivity contribution is -0.190. The number of carboxylic acid groups (broad SMARTS) is 1. The molecule has 0 rings (SSSR count). The molecule has 0 bridgehead atoms. The highest BCUT2D eigenvalue weighted by atomic mass is 16.7. The van der Waals surface area contributed by atoms with Gasteiger partial charge in [-0.2, -0.15) is 0 Å². The van der Waals surface area contributed by atoms with E-state index in [4.69, 9.17) is 5.11 Å². The standard InChI is InChI=1S/C7H13NO4/c1-3-8(4-2)12-7(11)5-6(9)10/h3-5H2,1-2H3,(H,9,10). The van der Waals surface area contributed by atoms with Crippen LogP contribution in [0.3, 0.4) is 0 Å². The Hall–Kier alpha value is -1.10. The Morgan fingerprint density at radius 1 is 1.33 bits per heavy atom. The molecule has 1 N–H and O–H groups in total. The van der Waals surface area contributed by atoms with Crippen molar-refractivity contribution in [3.05, 3.63) is 0 Å². The molecule has 0 amide bonds. The largest absolute Gasteiger partial charge is 0.481 e. The number of aliphatic carboxylic acids is 1. The Morgan fingerprint density at radius 3 is 2.17 bits per heavy atom. The Balaban J connectivity index is 3.74. The number of nitrogens with zero attached hydrogens (tertiary/aromatic N) is 1. The van der Waals surface area contributed by atoms with Crippen LogP contribution in [0.15, 0.2) is 0 Å². The molecule has 0 aliphatic heterocycles. The first-order valence-corrected chi connectivity index (χ1v) is 3.77. The Morgan fingerprint density at radius 2 is 1.83 bits per heavy atom. The molecule has 5 nitrogen and oxygen atoms in total. The molecule has 0 aliphatic carbocycles. The van der Waals surface area contributed by atoms with Crippen LogP contribution in [0.5, 0.6) is 0 Å². The van der Waals surface area contributed by atoms with Crippen molar-refractivity contribution in [2.45, 2.75) is 20.3 Å². The predicted molar refractivity (Wildman–Crippen MR) is 41.3 cm³/mol. The molecule has 0 heterocycles. The van der Waals surface area contributed by atoms with Gasteiger partial charge in [-0.05, 0) is 13.8 Å². The second kappa shape index (κ2) is 5.54. The first-order valence-electron chi connectivity index (χ1n) is 3.77. The smallest absolute Gasteiger partial charge is 0.336 e. The predicted octanol–water partition coefficient (Wildman–Crippen LogP) is 0.261. The summed E-state index contributed by atoms with van der Waals surface area (Å²) in [7, 11) is 0. The molecular formula is C7H13NO4. The van der Waals surface area contributed by atoms with E-state index in [9.17, 15) is 9.59 Å². The van der Waals surface area contributed by atoms with Gasteiger partial charge in [-0.25, -0.2) is 4.79 Å². The van der Waals surface area contributed by atoms with E-state index in [-0.39, 0.29) is 0 Å². The third-order valence-corrected chi connectivity index (χ3v) is 1.23. The highest BCUT2D eigenvalue weighted by Gasteiger charge is 2.11. The summed E-state index contributed by atoms with van der Waals surface area (Å²) >= 11 is 0. The summed E-state index contributed by atoms with van der Waals surface area (Å²) in [6, 6.07) is 0. The summed E-state index contributed by atoms with van der Waals surface area (Å²) < 4.78 is 0. The first kappa shape index (κ1) is 10.9. The van der Waals surface area contributed by atoms with Crippen LogP contribution in [0.1, 0.15) is 20.3 Å². The number of rotatable bonds is 5. The van der Waals surface area contributed by atoms with Crippen LogP contribution >= 0.6 is 0 Å². The summed E-state index contributed by atoms with van der Waals surface area (Å²) in [5, 5.41) is 9.62. The lowest BCUT2D eigenvalue weighted by atomic mass is 10.4. The molecular weight excluding hydrogens is 162 g/mol. The van der Waals surface area contributed by atoms with E-state index >= 15 is 0 Å². The molecule has 0 saturated carbocycles. The zero-order valence-corrected chi connectivity index (χ0v) is 7.24. The number of carbonyl (C=O) groups excluding carboxylic acids is 1. The minimum absolute atomic E-state index is 0.557. The van der Waals surface area contributed by atoms with Gasteiger partial charge in [0.05, 0.1) is 0 Å². The van der Waals surface area contributed by atoms with Crippen LogP contribution in [0, 0.1) is 0 Å². The van der Waals surface area contributed by atoms with Crippen molar-refractivity contribution in [3.63, 3.8) is 0 Å². The highest BCUT2D eigenvalue weighted by molar-refractivity contribution is 5.89. The topological polar surface area (TPSA) is 66.8 Å². The van der Waals surface area contributed by atoms with Gasteiger partial charge in [0.25, 0.3) is 0 Å². The number of hydroxylamine groups is 2. The minimum Gasteiger partial charge on any atom is -0.481 e. The summed E-state index contributed by atoms with van der Waals surface area (Å²) in [4.78, 5) is 25.5. The van der Waals surface area contributed by atoms with Crippen molar-refractivity contribution in [1.29, 1.82) is 0 Å². The normalized spacial score (nSPS) is 9.92. The van der Waals surface area contributed by atoms with Crippen molar-refractivity contribution in [2.75, 3.05) is 13.1 Å². The Bertz CT molecular complexity index is 165. The first-order chi connectivity index (χ1) is 5.60. The van der Waals surface area contributed by atoms with Crippen molar-refractivity contribution < 1.29 is 19.5 Å². The van der Waals surface area contributed by atoms with Gasteiger partial charge in [-0.3, -0.25) is 4.79 Å². The van der Waals surface area contributed by atoms with Crippen LogP contribution in [0.4, 0.5) is 0 Å². The van der Waals surface area contributed by atoms with Crippen LogP contribution in [-0.4, -0.2) is 35.2 Å². The van der Waals surface area contributed by atoms with Gasteiger partial charge in [0, 0.05) is 13.1 Å². The van der Waals surface area contributed by atoms with E-state index < -0.39 is 18.4 Å². The zero-order valence-electron chi connectivity index (χ0n) is 7.24. The van der Waals surface area contributed by atoms with Crippen LogP contribution in [-0.2, 0) is 14.4 Å². The summed E-state index contributed by atoms with van der Waals surface area (Å²) in [5.74, 6) is -1.90. The molecule has 0 aromatic rings. The quantitative estimate of drug-likeness (QED) is 0.479. The fraction of sp³-hybridized carbons (Fsp3) is 0.714. The maximum atomic E-state index is 10.7. The van der Waals surface area contributed by atoms with Gasteiger partial charge in [0.2, 0.25) is 0 Å². The fourth-order valence-corrected chi connectivity index (χ4v) is 0.652. The van der Waals surface area contributed by atoms with Gasteiger partial charge in [-0.15, -0.1) is 5.06 Å². The molecule has 0 fully saturated rings. The van der Waals surface area contributed by atoms with E-state index in [1.54, 1.807) is 0 Å². The minimum atomic E-state index is -1.17. The number of carboxylic acids is 1. The molecule has 0 aromatic carbocycles. The monoisotopic (exact) mass is 175 g/mol. The van der Waals surface area contributed by atoms with Crippen molar-refractivity contribution in [2.24, 2.45) is 0 Å². The third-order valence-electron chi connectivity index (χ3n) is 1.23. The molecule has 12 heavy (non-hydrogen) atoms. The molecule has 5 heteroatoms. The molecule has 0 unspecified atom stereocenters. The van der Waals surface area contributed by atoms with Gasteiger partial charge in [0.15, 0.2) is 0 Å². The average molecular weight is 175 g/mol. The molecule has 0 atom stereocenters. The Kier molecular flexibility index (Phi) is 5.03. The van der Waals surface area contributed by atoms with Crippen LogP contribution < -0.4 is 0 Å². The maximum absolute atomic E-state index is 10.7. The number of carbonyl (C=O) groups is 2. The second-order valence-corrected chi connectivity index (χ2v) is 2.15. The average Bonchev–Trinajstić information content (AvgIpc) is 1.98.